The molecular weight excluding hydrogens is 452 g/mol. The summed E-state index contributed by atoms with van der Waals surface area (Å²) in [6.45, 7) is 8.13. The van der Waals surface area contributed by atoms with E-state index in [4.69, 9.17) is 4.74 Å². The maximum atomic E-state index is 12.7. The second kappa shape index (κ2) is 10.9. The number of morpholine rings is 1. The molecule has 2 atom stereocenters. The summed E-state index contributed by atoms with van der Waals surface area (Å²) in [5.74, 6) is -0.191. The molecular formula is C25H34N4O4S. The molecule has 0 aliphatic carbocycles. The van der Waals surface area contributed by atoms with Crippen molar-refractivity contribution in [3.63, 3.8) is 0 Å². The van der Waals surface area contributed by atoms with Crippen molar-refractivity contribution in [1.82, 2.24) is 19.5 Å². The zero-order valence-corrected chi connectivity index (χ0v) is 20.7. The Kier molecular flexibility index (Phi) is 7.98. The van der Waals surface area contributed by atoms with E-state index in [-0.39, 0.29) is 28.9 Å². The van der Waals surface area contributed by atoms with Crippen LogP contribution in [0.3, 0.4) is 0 Å². The lowest BCUT2D eigenvalue weighted by Gasteiger charge is -2.35. The molecule has 1 aromatic carbocycles. The molecule has 2 aliphatic rings. The fourth-order valence-corrected chi connectivity index (χ4v) is 6.21. The summed E-state index contributed by atoms with van der Waals surface area (Å²) in [4.78, 5) is 19.2. The molecule has 0 saturated carbocycles. The lowest BCUT2D eigenvalue weighted by atomic mass is 9.97. The molecule has 184 valence electrons. The molecule has 2 unspecified atom stereocenters. The van der Waals surface area contributed by atoms with Gasteiger partial charge < -0.3 is 10.1 Å². The number of piperidine rings is 1. The molecule has 9 heteroatoms. The molecule has 1 aromatic heterocycles. The van der Waals surface area contributed by atoms with E-state index in [1.807, 2.05) is 0 Å². The number of aromatic nitrogens is 1. The van der Waals surface area contributed by atoms with Gasteiger partial charge in [0.2, 0.25) is 15.9 Å². The Morgan fingerprint density at radius 2 is 1.71 bits per heavy atom. The van der Waals surface area contributed by atoms with E-state index in [0.29, 0.717) is 32.5 Å². The molecule has 2 aliphatic heterocycles. The number of pyridine rings is 1. The SMILES string of the molecule is CC1CN(Cc2ccc(CNC(=O)C3CCN(S(=O)(=O)c4cccnc4)CC3)cc2)CC(C)O1. The summed E-state index contributed by atoms with van der Waals surface area (Å²) >= 11 is 0. The number of amides is 1. The van der Waals surface area contributed by atoms with Crippen LogP contribution < -0.4 is 5.32 Å². The van der Waals surface area contributed by atoms with Gasteiger partial charge >= 0.3 is 0 Å². The molecule has 2 saturated heterocycles. The lowest BCUT2D eigenvalue weighted by molar-refractivity contribution is -0.126. The van der Waals surface area contributed by atoms with Crippen molar-refractivity contribution in [1.29, 1.82) is 0 Å². The van der Waals surface area contributed by atoms with Gasteiger partial charge in [0, 0.05) is 57.6 Å². The summed E-state index contributed by atoms with van der Waals surface area (Å²) in [7, 11) is -3.56. The average Bonchev–Trinajstić information content (AvgIpc) is 2.83. The Hall–Kier alpha value is -2.33. The Bertz CT molecular complexity index is 1040. The third-order valence-corrected chi connectivity index (χ3v) is 8.37. The van der Waals surface area contributed by atoms with Gasteiger partial charge in [0.15, 0.2) is 0 Å². The van der Waals surface area contributed by atoms with E-state index in [0.717, 1.165) is 25.2 Å². The number of hydrogen-bond acceptors (Lipinski definition) is 6. The molecule has 34 heavy (non-hydrogen) atoms. The molecule has 0 radical (unpaired) electrons. The Morgan fingerprint density at radius 3 is 2.32 bits per heavy atom. The smallest absolute Gasteiger partial charge is 0.244 e. The summed E-state index contributed by atoms with van der Waals surface area (Å²) in [6, 6.07) is 11.5. The Labute approximate surface area is 202 Å². The largest absolute Gasteiger partial charge is 0.373 e. The molecule has 1 N–H and O–H groups in total. The van der Waals surface area contributed by atoms with E-state index in [1.165, 1.54) is 16.1 Å². The molecule has 3 heterocycles. The van der Waals surface area contributed by atoms with Crippen LogP contribution in [0.25, 0.3) is 0 Å². The highest BCUT2D eigenvalue weighted by Crippen LogP contribution is 2.23. The van der Waals surface area contributed by atoms with Crippen molar-refractivity contribution in [2.45, 2.75) is 56.9 Å². The summed E-state index contributed by atoms with van der Waals surface area (Å²) in [5, 5.41) is 3.02. The van der Waals surface area contributed by atoms with Gasteiger partial charge in [-0.2, -0.15) is 4.31 Å². The van der Waals surface area contributed by atoms with Crippen LogP contribution >= 0.6 is 0 Å². The second-order valence-corrected chi connectivity index (χ2v) is 11.3. The zero-order chi connectivity index (χ0) is 24.1. The van der Waals surface area contributed by atoms with Crippen LogP contribution in [-0.4, -0.2) is 66.9 Å². The fourth-order valence-electron chi connectivity index (χ4n) is 4.77. The van der Waals surface area contributed by atoms with Crippen molar-refractivity contribution in [2.24, 2.45) is 5.92 Å². The number of benzene rings is 1. The zero-order valence-electron chi connectivity index (χ0n) is 19.9. The van der Waals surface area contributed by atoms with E-state index < -0.39 is 10.0 Å². The molecule has 8 nitrogen and oxygen atoms in total. The molecule has 4 rings (SSSR count). The van der Waals surface area contributed by atoms with Gasteiger partial charge in [0.25, 0.3) is 0 Å². The third-order valence-electron chi connectivity index (χ3n) is 6.49. The normalized spacial score (nSPS) is 23.0. The lowest BCUT2D eigenvalue weighted by Crippen LogP contribution is -2.44. The molecule has 0 spiro atoms. The van der Waals surface area contributed by atoms with Crippen molar-refractivity contribution in [3.05, 3.63) is 59.9 Å². The molecule has 1 amide bonds. The number of carbonyl (C=O) groups excluding carboxylic acids is 1. The van der Waals surface area contributed by atoms with Gasteiger partial charge in [-0.1, -0.05) is 24.3 Å². The van der Waals surface area contributed by atoms with Crippen molar-refractivity contribution >= 4 is 15.9 Å². The highest BCUT2D eigenvalue weighted by molar-refractivity contribution is 7.89. The number of nitrogens with one attached hydrogen (secondary N) is 1. The molecule has 2 fully saturated rings. The topological polar surface area (TPSA) is 91.8 Å². The Balaban J connectivity index is 1.23. The van der Waals surface area contributed by atoms with Crippen LogP contribution in [0.4, 0.5) is 0 Å². The molecule has 2 aromatic rings. The van der Waals surface area contributed by atoms with Crippen LogP contribution in [0.1, 0.15) is 37.8 Å². The van der Waals surface area contributed by atoms with Crippen molar-refractivity contribution in [2.75, 3.05) is 26.2 Å². The first-order valence-corrected chi connectivity index (χ1v) is 13.4. The quantitative estimate of drug-likeness (QED) is 0.646. The van der Waals surface area contributed by atoms with Gasteiger partial charge in [-0.15, -0.1) is 0 Å². The van der Waals surface area contributed by atoms with Crippen LogP contribution in [0, 0.1) is 5.92 Å². The minimum Gasteiger partial charge on any atom is -0.373 e. The number of ether oxygens (including phenoxy) is 1. The Morgan fingerprint density at radius 1 is 1.06 bits per heavy atom. The van der Waals surface area contributed by atoms with E-state index in [1.54, 1.807) is 18.3 Å². The number of hydrogen-bond donors (Lipinski definition) is 1. The number of rotatable bonds is 7. The van der Waals surface area contributed by atoms with Crippen molar-refractivity contribution < 1.29 is 17.9 Å². The second-order valence-electron chi connectivity index (χ2n) is 9.35. The number of sulfonamides is 1. The monoisotopic (exact) mass is 486 g/mol. The van der Waals surface area contributed by atoms with Crippen LogP contribution in [-0.2, 0) is 32.6 Å². The van der Waals surface area contributed by atoms with Gasteiger partial charge in [-0.3, -0.25) is 14.7 Å². The van der Waals surface area contributed by atoms with Crippen LogP contribution in [0.5, 0.6) is 0 Å². The number of carbonyl (C=O) groups is 1. The van der Waals surface area contributed by atoms with Crippen LogP contribution in [0.2, 0.25) is 0 Å². The van der Waals surface area contributed by atoms with E-state index in [2.05, 4.69) is 53.3 Å². The minimum absolute atomic E-state index is 0.0150. The first-order valence-electron chi connectivity index (χ1n) is 11.9. The maximum Gasteiger partial charge on any atom is 0.244 e. The fraction of sp³-hybridized carbons (Fsp3) is 0.520. The first kappa shape index (κ1) is 24.8. The highest BCUT2D eigenvalue weighted by Gasteiger charge is 2.32. The highest BCUT2D eigenvalue weighted by atomic mass is 32.2. The predicted octanol–water partition coefficient (Wildman–Crippen LogP) is 2.41. The van der Waals surface area contributed by atoms with Gasteiger partial charge in [0.05, 0.1) is 12.2 Å². The molecule has 0 bridgehead atoms. The first-order chi connectivity index (χ1) is 16.3. The summed E-state index contributed by atoms with van der Waals surface area (Å²) in [6.07, 6.45) is 4.44. The third kappa shape index (κ3) is 6.21. The summed E-state index contributed by atoms with van der Waals surface area (Å²) < 4.78 is 32.7. The van der Waals surface area contributed by atoms with Gasteiger partial charge in [-0.05, 0) is 49.9 Å². The van der Waals surface area contributed by atoms with Gasteiger partial charge in [0.1, 0.15) is 4.90 Å². The minimum atomic E-state index is -3.56. The summed E-state index contributed by atoms with van der Waals surface area (Å²) in [5.41, 5.74) is 2.30. The predicted molar refractivity (Wildman–Crippen MR) is 129 cm³/mol. The van der Waals surface area contributed by atoms with E-state index >= 15 is 0 Å². The maximum absolute atomic E-state index is 12.7. The van der Waals surface area contributed by atoms with Crippen molar-refractivity contribution in [3.8, 4) is 0 Å². The van der Waals surface area contributed by atoms with Gasteiger partial charge in [-0.25, -0.2) is 8.42 Å². The van der Waals surface area contributed by atoms with Crippen LogP contribution in [0.15, 0.2) is 53.7 Å². The standard InChI is InChI=1S/C25H34N4O4S/c1-19-16-28(17-20(2)33-19)18-22-7-5-21(6-8-22)14-27-25(30)23-9-12-29(13-10-23)34(31,32)24-4-3-11-26-15-24/h3-8,11,15,19-20,23H,9-10,12-14,16-18H2,1-2H3,(H,27,30). The van der Waals surface area contributed by atoms with E-state index in [9.17, 15) is 13.2 Å². The average molecular weight is 487 g/mol. The number of nitrogens with zero attached hydrogens (tertiary/aromatic N) is 3.